The lowest BCUT2D eigenvalue weighted by atomic mass is 10.2. The van der Waals surface area contributed by atoms with Crippen molar-refractivity contribution in [2.75, 3.05) is 7.11 Å². The van der Waals surface area contributed by atoms with Crippen LogP contribution in [0.2, 0.25) is 5.02 Å². The summed E-state index contributed by atoms with van der Waals surface area (Å²) < 4.78 is 4.60. The Labute approximate surface area is 93.2 Å². The molecule has 14 heavy (non-hydrogen) atoms. The molecule has 4 nitrogen and oxygen atoms in total. The van der Waals surface area contributed by atoms with Crippen LogP contribution in [0.1, 0.15) is 10.4 Å². The molecule has 1 aromatic rings. The fraction of sp³-hybridized carbons (Fsp3) is 0.125. The average molecular weight is 281 g/mol. The van der Waals surface area contributed by atoms with E-state index in [1.54, 1.807) is 0 Å². The van der Waals surface area contributed by atoms with Gasteiger partial charge in [-0.3, -0.25) is 0 Å². The molecule has 0 aliphatic heterocycles. The van der Waals surface area contributed by atoms with E-state index in [4.69, 9.17) is 11.6 Å². The van der Waals surface area contributed by atoms with Crippen molar-refractivity contribution in [3.63, 3.8) is 0 Å². The van der Waals surface area contributed by atoms with Gasteiger partial charge in [0.15, 0.2) is 11.5 Å². The highest BCUT2D eigenvalue weighted by Gasteiger charge is 2.19. The molecule has 0 spiro atoms. The average Bonchev–Trinajstić information content (AvgIpc) is 2.19. The SMILES string of the molecule is COC(=O)c1cc(Br)c(O)c(O)c1Cl. The minimum Gasteiger partial charge on any atom is -0.503 e. The largest absolute Gasteiger partial charge is 0.503 e. The van der Waals surface area contributed by atoms with Crippen LogP contribution in [-0.4, -0.2) is 23.3 Å². The normalized spacial score (nSPS) is 9.93. The third-order valence-corrected chi connectivity index (χ3v) is 2.56. The Morgan fingerprint density at radius 3 is 2.57 bits per heavy atom. The Morgan fingerprint density at radius 2 is 2.07 bits per heavy atom. The number of methoxy groups -OCH3 is 1. The number of hydrogen-bond donors (Lipinski definition) is 2. The lowest BCUT2D eigenvalue weighted by Gasteiger charge is -2.07. The molecule has 0 atom stereocenters. The van der Waals surface area contributed by atoms with Gasteiger partial charge in [-0.15, -0.1) is 0 Å². The molecule has 1 aromatic carbocycles. The van der Waals surface area contributed by atoms with Gasteiger partial charge in [0.05, 0.1) is 17.1 Å². The molecule has 0 saturated heterocycles. The number of phenolic OH excluding ortho intramolecular Hbond substituents is 2. The van der Waals surface area contributed by atoms with Crippen LogP contribution >= 0.6 is 27.5 Å². The van der Waals surface area contributed by atoms with E-state index in [2.05, 4.69) is 20.7 Å². The monoisotopic (exact) mass is 280 g/mol. The van der Waals surface area contributed by atoms with Crippen LogP contribution in [0.4, 0.5) is 0 Å². The fourth-order valence-corrected chi connectivity index (χ4v) is 1.50. The quantitative estimate of drug-likeness (QED) is 0.612. The molecular weight excluding hydrogens is 275 g/mol. The van der Waals surface area contributed by atoms with Crippen LogP contribution in [-0.2, 0) is 4.74 Å². The first-order valence-corrected chi connectivity index (χ1v) is 4.64. The van der Waals surface area contributed by atoms with Crippen molar-refractivity contribution in [1.29, 1.82) is 0 Å². The topological polar surface area (TPSA) is 66.8 Å². The van der Waals surface area contributed by atoms with E-state index in [0.29, 0.717) is 0 Å². The number of rotatable bonds is 1. The second kappa shape index (κ2) is 4.06. The minimum atomic E-state index is -0.689. The number of hydrogen-bond acceptors (Lipinski definition) is 4. The summed E-state index contributed by atoms with van der Waals surface area (Å²) >= 11 is 8.56. The van der Waals surface area contributed by atoms with Crippen molar-refractivity contribution in [3.05, 3.63) is 21.1 Å². The predicted octanol–water partition coefficient (Wildman–Crippen LogP) is 2.30. The molecule has 0 aromatic heterocycles. The second-order valence-corrected chi connectivity index (χ2v) is 3.64. The Bertz CT molecular complexity index is 391. The third-order valence-electron chi connectivity index (χ3n) is 1.57. The smallest absolute Gasteiger partial charge is 0.339 e. The van der Waals surface area contributed by atoms with E-state index in [1.165, 1.54) is 13.2 Å². The molecule has 0 aliphatic rings. The van der Waals surface area contributed by atoms with Gasteiger partial charge >= 0.3 is 5.97 Å². The Morgan fingerprint density at radius 1 is 1.50 bits per heavy atom. The van der Waals surface area contributed by atoms with Crippen LogP contribution in [0.25, 0.3) is 0 Å². The Hall–Kier alpha value is -0.940. The number of esters is 1. The first kappa shape index (κ1) is 11.1. The van der Waals surface area contributed by atoms with E-state index >= 15 is 0 Å². The molecule has 0 unspecified atom stereocenters. The molecule has 0 heterocycles. The van der Waals surface area contributed by atoms with E-state index in [-0.39, 0.29) is 15.1 Å². The molecular formula is C8H6BrClO4. The van der Waals surface area contributed by atoms with Crippen molar-refractivity contribution < 1.29 is 19.7 Å². The number of carbonyl (C=O) groups excluding carboxylic acids is 1. The van der Waals surface area contributed by atoms with E-state index < -0.39 is 17.5 Å². The summed E-state index contributed by atoms with van der Waals surface area (Å²) in [6.45, 7) is 0. The molecule has 6 heteroatoms. The maximum Gasteiger partial charge on any atom is 0.339 e. The Balaban J connectivity index is 3.40. The van der Waals surface area contributed by atoms with Gasteiger partial charge in [0.1, 0.15) is 5.02 Å². The van der Waals surface area contributed by atoms with Crippen molar-refractivity contribution in [3.8, 4) is 11.5 Å². The molecule has 1 rings (SSSR count). The minimum absolute atomic E-state index is 0.0173. The maximum absolute atomic E-state index is 11.1. The van der Waals surface area contributed by atoms with Crippen LogP contribution < -0.4 is 0 Å². The van der Waals surface area contributed by atoms with Crippen molar-refractivity contribution in [2.45, 2.75) is 0 Å². The highest BCUT2D eigenvalue weighted by atomic mass is 79.9. The highest BCUT2D eigenvalue weighted by molar-refractivity contribution is 9.10. The van der Waals surface area contributed by atoms with Crippen LogP contribution in [0.15, 0.2) is 10.5 Å². The highest BCUT2D eigenvalue weighted by Crippen LogP contribution is 2.41. The first-order chi connectivity index (χ1) is 6.49. The summed E-state index contributed by atoms with van der Waals surface area (Å²) in [6, 6.07) is 1.27. The molecule has 76 valence electrons. The first-order valence-electron chi connectivity index (χ1n) is 3.47. The summed E-state index contributed by atoms with van der Waals surface area (Å²) in [5.74, 6) is -1.66. The van der Waals surface area contributed by atoms with Gasteiger partial charge in [-0.1, -0.05) is 11.6 Å². The zero-order valence-corrected chi connectivity index (χ0v) is 9.39. The Kier molecular flexibility index (Phi) is 3.23. The molecule has 0 saturated carbocycles. The van der Waals surface area contributed by atoms with E-state index in [9.17, 15) is 15.0 Å². The van der Waals surface area contributed by atoms with E-state index in [1.807, 2.05) is 0 Å². The standard InChI is InChI=1S/C8H6BrClO4/c1-14-8(13)3-2-4(9)6(11)7(12)5(3)10/h2,11-12H,1H3. The number of ether oxygens (including phenoxy) is 1. The van der Waals surface area contributed by atoms with E-state index in [0.717, 1.165) is 0 Å². The summed E-state index contributed by atoms with van der Waals surface area (Å²) in [5.41, 5.74) is -0.0173. The predicted molar refractivity (Wildman–Crippen MR) is 53.8 cm³/mol. The molecule has 2 N–H and O–H groups in total. The summed E-state index contributed by atoms with van der Waals surface area (Å²) in [6.07, 6.45) is 0. The lowest BCUT2D eigenvalue weighted by Crippen LogP contribution is -2.02. The number of phenols is 2. The number of aromatic hydroxyl groups is 2. The lowest BCUT2D eigenvalue weighted by molar-refractivity contribution is 0.0600. The van der Waals surface area contributed by atoms with Gasteiger partial charge in [0.2, 0.25) is 0 Å². The summed E-state index contributed by atoms with van der Waals surface area (Å²) in [7, 11) is 1.19. The van der Waals surface area contributed by atoms with Gasteiger partial charge < -0.3 is 14.9 Å². The number of halogens is 2. The van der Waals surface area contributed by atoms with Gasteiger partial charge in [-0.25, -0.2) is 4.79 Å². The molecule has 0 amide bonds. The summed E-state index contributed by atoms with van der Waals surface area (Å²) in [4.78, 5) is 11.1. The number of benzene rings is 1. The van der Waals surface area contributed by atoms with Gasteiger partial charge in [0.25, 0.3) is 0 Å². The van der Waals surface area contributed by atoms with Crippen molar-refractivity contribution >= 4 is 33.5 Å². The second-order valence-electron chi connectivity index (χ2n) is 2.41. The van der Waals surface area contributed by atoms with Gasteiger partial charge in [-0.05, 0) is 22.0 Å². The molecule has 0 bridgehead atoms. The molecule has 0 fully saturated rings. The van der Waals surface area contributed by atoms with Crippen LogP contribution in [0.5, 0.6) is 11.5 Å². The van der Waals surface area contributed by atoms with Gasteiger partial charge in [-0.2, -0.15) is 0 Å². The zero-order chi connectivity index (χ0) is 10.9. The zero-order valence-electron chi connectivity index (χ0n) is 7.04. The maximum atomic E-state index is 11.1. The molecule has 0 aliphatic carbocycles. The summed E-state index contributed by atoms with van der Waals surface area (Å²) in [5, 5.41) is 18.3. The van der Waals surface area contributed by atoms with Crippen molar-refractivity contribution in [1.82, 2.24) is 0 Å². The molecule has 0 radical (unpaired) electrons. The van der Waals surface area contributed by atoms with Crippen molar-refractivity contribution in [2.24, 2.45) is 0 Å². The van der Waals surface area contributed by atoms with Gasteiger partial charge in [0, 0.05) is 0 Å². The van der Waals surface area contributed by atoms with Crippen LogP contribution in [0, 0.1) is 0 Å². The third kappa shape index (κ3) is 1.78. The van der Waals surface area contributed by atoms with Crippen LogP contribution in [0.3, 0.4) is 0 Å². The fourth-order valence-electron chi connectivity index (χ4n) is 0.862. The number of carbonyl (C=O) groups is 1.